The molecule has 300 valence electrons. The quantitative estimate of drug-likeness (QED) is 0.0811. The molecular formula is C47H52N4O6Si. The van der Waals surface area contributed by atoms with E-state index in [0.29, 0.717) is 35.7 Å². The predicted octanol–water partition coefficient (Wildman–Crippen LogP) is 11.1. The second-order valence-corrected chi connectivity index (χ2v) is 20.8. The number of H-pyrrole nitrogens is 1. The number of carboxylic acid groups (broad SMARTS) is 1. The summed E-state index contributed by atoms with van der Waals surface area (Å²) in [6.45, 7) is 13.0. The van der Waals surface area contributed by atoms with Crippen molar-refractivity contribution in [2.75, 3.05) is 17.2 Å². The average molecular weight is 797 g/mol. The Hall–Kier alpha value is -6.17. The molecule has 1 aromatic heterocycles. The zero-order valence-electron chi connectivity index (χ0n) is 33.9. The van der Waals surface area contributed by atoms with E-state index < -0.39 is 32.6 Å². The minimum atomic E-state index is -2.48. The van der Waals surface area contributed by atoms with Gasteiger partial charge in [0.2, 0.25) is 5.56 Å². The van der Waals surface area contributed by atoms with Crippen LogP contribution in [0.2, 0.25) is 18.1 Å². The number of aromatic nitrogens is 1. The molecule has 0 aliphatic rings. The number of carbonyl (C=O) groups is 2. The van der Waals surface area contributed by atoms with E-state index in [1.807, 2.05) is 122 Å². The van der Waals surface area contributed by atoms with E-state index in [1.54, 1.807) is 12.1 Å². The maximum atomic E-state index is 13.2. The molecule has 0 saturated carbocycles. The van der Waals surface area contributed by atoms with Crippen LogP contribution in [0, 0.1) is 0 Å². The van der Waals surface area contributed by atoms with Gasteiger partial charge in [0.1, 0.15) is 12.4 Å². The van der Waals surface area contributed by atoms with Gasteiger partial charge < -0.3 is 34.8 Å². The highest BCUT2D eigenvalue weighted by molar-refractivity contribution is 6.74. The summed E-state index contributed by atoms with van der Waals surface area (Å²) in [4.78, 5) is 43.4. The number of amides is 3. The Morgan fingerprint density at radius 2 is 1.48 bits per heavy atom. The molecule has 6 rings (SSSR count). The van der Waals surface area contributed by atoms with Gasteiger partial charge in [0.05, 0.1) is 23.9 Å². The molecule has 0 bridgehead atoms. The van der Waals surface area contributed by atoms with Crippen molar-refractivity contribution in [3.05, 3.63) is 161 Å². The molecule has 1 unspecified atom stereocenters. The molecule has 0 fully saturated rings. The summed E-state index contributed by atoms with van der Waals surface area (Å²) in [5.41, 5.74) is 5.99. The van der Waals surface area contributed by atoms with E-state index in [-0.39, 0.29) is 17.1 Å². The zero-order chi connectivity index (χ0) is 41.5. The number of rotatable bonds is 14. The summed E-state index contributed by atoms with van der Waals surface area (Å²) in [6.07, 6.45) is -1.36. The van der Waals surface area contributed by atoms with Crippen molar-refractivity contribution < 1.29 is 23.9 Å². The standard InChI is InChI=1S/C47H52N4O6Si/c1-32(28-34-18-15-21-36(29-34)48-45(53)49-40-23-14-13-22-37(40)35-19-11-8-12-20-35)51(46(54)55)30-42(57-58(5,6)47(2,3)4)38-24-26-41(44-39(38)25-27-43(52)50-44)56-31-33-16-9-7-10-17-33/h7-27,29,32,42H,28,30-31H2,1-6H3,(H,50,52)(H,54,55)(H2,48,49,53)/t32?,42-/m0/s1. The van der Waals surface area contributed by atoms with Gasteiger partial charge in [0, 0.05) is 28.7 Å². The number of fused-ring (bicyclic) bond motifs is 1. The van der Waals surface area contributed by atoms with Crippen LogP contribution in [0.3, 0.4) is 0 Å². The van der Waals surface area contributed by atoms with Crippen LogP contribution in [0.5, 0.6) is 5.75 Å². The van der Waals surface area contributed by atoms with Gasteiger partial charge in [-0.05, 0) is 84.1 Å². The number of hydrogen-bond donors (Lipinski definition) is 4. The number of hydrogen-bond acceptors (Lipinski definition) is 5. The first-order chi connectivity index (χ1) is 27.7. The number of ether oxygens (including phenoxy) is 1. The molecule has 0 saturated heterocycles. The van der Waals surface area contributed by atoms with Crippen molar-refractivity contribution in [1.29, 1.82) is 0 Å². The molecule has 6 aromatic rings. The van der Waals surface area contributed by atoms with E-state index in [9.17, 15) is 19.5 Å². The van der Waals surface area contributed by atoms with Crippen LogP contribution in [0.1, 0.15) is 50.5 Å². The molecule has 3 amide bonds. The number of anilines is 2. The molecule has 0 aliphatic carbocycles. The average Bonchev–Trinajstić information content (AvgIpc) is 3.19. The summed E-state index contributed by atoms with van der Waals surface area (Å²) in [5.74, 6) is 0.511. The van der Waals surface area contributed by atoms with Crippen molar-refractivity contribution in [1.82, 2.24) is 9.88 Å². The third-order valence-corrected chi connectivity index (χ3v) is 15.3. The smallest absolute Gasteiger partial charge is 0.407 e. The van der Waals surface area contributed by atoms with Crippen molar-refractivity contribution >= 4 is 42.7 Å². The topological polar surface area (TPSA) is 133 Å². The van der Waals surface area contributed by atoms with Gasteiger partial charge in [-0.1, -0.05) is 118 Å². The number of nitrogens with one attached hydrogen (secondary N) is 3. The lowest BCUT2D eigenvalue weighted by Gasteiger charge is -2.41. The van der Waals surface area contributed by atoms with Crippen LogP contribution in [-0.2, 0) is 17.5 Å². The van der Waals surface area contributed by atoms with E-state index in [2.05, 4.69) is 49.5 Å². The van der Waals surface area contributed by atoms with Gasteiger partial charge >= 0.3 is 12.1 Å². The lowest BCUT2D eigenvalue weighted by molar-refractivity contribution is 0.0848. The van der Waals surface area contributed by atoms with Gasteiger partial charge in [0.25, 0.3) is 0 Å². The molecule has 58 heavy (non-hydrogen) atoms. The third-order valence-electron chi connectivity index (χ3n) is 10.8. The van der Waals surface area contributed by atoms with E-state index in [0.717, 1.165) is 33.2 Å². The van der Waals surface area contributed by atoms with Crippen LogP contribution in [0.4, 0.5) is 21.0 Å². The Bertz CT molecular complexity index is 2410. The predicted molar refractivity (Wildman–Crippen MR) is 235 cm³/mol. The highest BCUT2D eigenvalue weighted by Crippen LogP contribution is 2.42. The Morgan fingerprint density at radius 1 is 0.810 bits per heavy atom. The molecule has 0 aliphatic heterocycles. The van der Waals surface area contributed by atoms with Gasteiger partial charge in [0.15, 0.2) is 8.32 Å². The molecular weight excluding hydrogens is 745 g/mol. The summed E-state index contributed by atoms with van der Waals surface area (Å²) < 4.78 is 13.3. The van der Waals surface area contributed by atoms with E-state index in [1.165, 1.54) is 11.0 Å². The molecule has 4 N–H and O–H groups in total. The largest absolute Gasteiger partial charge is 0.487 e. The van der Waals surface area contributed by atoms with Crippen molar-refractivity contribution in [3.63, 3.8) is 0 Å². The summed E-state index contributed by atoms with van der Waals surface area (Å²) in [5, 5.41) is 17.2. The Labute approximate surface area is 341 Å². The molecule has 0 radical (unpaired) electrons. The number of carbonyl (C=O) groups excluding carboxylic acids is 1. The van der Waals surface area contributed by atoms with Crippen LogP contribution >= 0.6 is 0 Å². The minimum Gasteiger partial charge on any atom is -0.487 e. The van der Waals surface area contributed by atoms with Gasteiger partial charge in [-0.3, -0.25) is 4.79 Å². The molecule has 5 aromatic carbocycles. The number of urea groups is 1. The molecule has 2 atom stereocenters. The molecule has 0 spiro atoms. The molecule has 11 heteroatoms. The van der Waals surface area contributed by atoms with Crippen LogP contribution in [0.15, 0.2) is 138 Å². The van der Waals surface area contributed by atoms with Crippen molar-refractivity contribution in [2.45, 2.75) is 71.0 Å². The third kappa shape index (κ3) is 10.2. The van der Waals surface area contributed by atoms with E-state index in [4.69, 9.17) is 9.16 Å². The fourth-order valence-electron chi connectivity index (χ4n) is 6.71. The first-order valence-corrected chi connectivity index (χ1v) is 22.4. The highest BCUT2D eigenvalue weighted by Gasteiger charge is 2.41. The molecule has 1 heterocycles. The van der Waals surface area contributed by atoms with Gasteiger partial charge in [-0.2, -0.15) is 0 Å². The summed E-state index contributed by atoms with van der Waals surface area (Å²) in [7, 11) is -2.48. The Kier molecular flexibility index (Phi) is 12.8. The maximum absolute atomic E-state index is 13.2. The van der Waals surface area contributed by atoms with E-state index >= 15 is 0 Å². The van der Waals surface area contributed by atoms with Crippen molar-refractivity contribution in [3.8, 4) is 16.9 Å². The van der Waals surface area contributed by atoms with Crippen LogP contribution < -0.4 is 20.9 Å². The fourth-order valence-corrected chi connectivity index (χ4v) is 7.98. The van der Waals surface area contributed by atoms with Crippen molar-refractivity contribution in [2.24, 2.45) is 0 Å². The lowest BCUT2D eigenvalue weighted by Crippen LogP contribution is -2.47. The van der Waals surface area contributed by atoms with Crippen LogP contribution in [-0.4, -0.2) is 48.0 Å². The van der Waals surface area contributed by atoms with Crippen LogP contribution in [0.25, 0.3) is 22.0 Å². The highest BCUT2D eigenvalue weighted by atomic mass is 28.4. The maximum Gasteiger partial charge on any atom is 0.407 e. The minimum absolute atomic E-state index is 0.0443. The first-order valence-electron chi connectivity index (χ1n) is 19.5. The lowest BCUT2D eigenvalue weighted by atomic mass is 10.0. The second-order valence-electron chi connectivity index (χ2n) is 16.1. The number of para-hydroxylation sites is 1. The van der Waals surface area contributed by atoms with Gasteiger partial charge in [-0.25, -0.2) is 9.59 Å². The molecule has 10 nitrogen and oxygen atoms in total. The zero-order valence-corrected chi connectivity index (χ0v) is 34.9. The summed E-state index contributed by atoms with van der Waals surface area (Å²) in [6, 6.07) is 40.8. The Morgan fingerprint density at radius 3 is 2.19 bits per heavy atom. The van der Waals surface area contributed by atoms with Gasteiger partial charge in [-0.15, -0.1) is 0 Å². The monoisotopic (exact) mass is 796 g/mol. The number of pyridine rings is 1. The fraction of sp³-hybridized carbons (Fsp3) is 0.255. The SMILES string of the molecule is CC(Cc1cccc(NC(=O)Nc2ccccc2-c2ccccc2)c1)N(C[C@H](O[Si](C)(C)C(C)(C)C)c1ccc(OCc2ccccc2)c2[nH]c(=O)ccc12)C(=O)O. The number of benzene rings is 5. The second kappa shape index (κ2) is 18.0. The summed E-state index contributed by atoms with van der Waals surface area (Å²) >= 11 is 0. The Balaban J connectivity index is 1.24. The number of nitrogens with zero attached hydrogens (tertiary/aromatic N) is 1. The number of aromatic amines is 1. The first kappa shape index (κ1) is 41.5. The normalized spacial score (nSPS) is 12.7.